The molecule has 5 aliphatic rings. The molecule has 0 bridgehead atoms. The highest BCUT2D eigenvalue weighted by Gasteiger charge is 2.40. The van der Waals surface area contributed by atoms with Crippen LogP contribution in [0.2, 0.25) is 0 Å². The number of ether oxygens (including phenoxy) is 1. The van der Waals surface area contributed by atoms with Gasteiger partial charge in [0.05, 0.1) is 0 Å². The molecule has 0 aromatic heterocycles. The molecule has 5 rings (SSSR count). The van der Waals surface area contributed by atoms with E-state index in [-0.39, 0.29) is 24.3 Å². The van der Waals surface area contributed by atoms with Crippen molar-refractivity contribution in [3.8, 4) is 0 Å². The third-order valence-electron chi connectivity index (χ3n) is 8.05. The lowest BCUT2D eigenvalue weighted by Gasteiger charge is -2.29. The lowest BCUT2D eigenvalue weighted by Crippen LogP contribution is -2.46. The Morgan fingerprint density at radius 2 is 1.73 bits per heavy atom. The number of primary amides is 1. The second-order valence-electron chi connectivity index (χ2n) is 12.8. The predicted octanol–water partition coefficient (Wildman–Crippen LogP) is 4.99. The molecule has 3 aliphatic heterocycles. The van der Waals surface area contributed by atoms with Gasteiger partial charge in [0.2, 0.25) is 11.8 Å². The van der Waals surface area contributed by atoms with E-state index < -0.39 is 17.8 Å². The van der Waals surface area contributed by atoms with Gasteiger partial charge < -0.3 is 35.8 Å². The Bertz CT molecular complexity index is 1110. The van der Waals surface area contributed by atoms with E-state index in [9.17, 15) is 19.2 Å². The lowest BCUT2D eigenvalue weighted by atomic mass is 9.92. The van der Waals surface area contributed by atoms with Crippen molar-refractivity contribution in [2.45, 2.75) is 116 Å². The quantitative estimate of drug-likeness (QED) is 0.213. The minimum absolute atomic E-state index is 0.0663. The summed E-state index contributed by atoms with van der Waals surface area (Å²) < 4.78 is 4.58. The highest BCUT2D eigenvalue weighted by atomic mass is 16.6. The number of nitrogens with zero attached hydrogens (tertiary/aromatic N) is 2. The Morgan fingerprint density at radius 3 is 2.38 bits per heavy atom. The summed E-state index contributed by atoms with van der Waals surface area (Å²) in [5, 5.41) is 18.8. The number of amides is 4. The predicted molar refractivity (Wildman–Crippen MR) is 170 cm³/mol. The minimum atomic E-state index is -0.800. The summed E-state index contributed by atoms with van der Waals surface area (Å²) in [6.45, 7) is 7.04. The van der Waals surface area contributed by atoms with Crippen molar-refractivity contribution in [3.05, 3.63) is 35.5 Å². The first-order chi connectivity index (χ1) is 21.4. The minimum Gasteiger partial charge on any atom is -0.483 e. The van der Waals surface area contributed by atoms with Crippen molar-refractivity contribution in [1.82, 2.24) is 15.1 Å². The number of hydrogen-bond acceptors (Lipinski definition) is 6. The van der Waals surface area contributed by atoms with Crippen LogP contribution in [0.15, 0.2) is 35.5 Å². The smallest absolute Gasteiger partial charge is 0.407 e. The molecule has 0 aromatic rings. The van der Waals surface area contributed by atoms with Crippen molar-refractivity contribution in [2.75, 3.05) is 19.6 Å². The molecule has 0 radical (unpaired) electrons. The molecule has 4 amide bonds. The van der Waals surface area contributed by atoms with E-state index in [0.29, 0.717) is 31.5 Å². The molecule has 3 heterocycles. The summed E-state index contributed by atoms with van der Waals surface area (Å²) in [5.41, 5.74) is 6.95. The van der Waals surface area contributed by atoms with Crippen molar-refractivity contribution in [2.24, 2.45) is 11.7 Å². The first-order valence-corrected chi connectivity index (χ1v) is 16.0. The Labute approximate surface area is 266 Å². The van der Waals surface area contributed by atoms with Crippen LogP contribution in [0, 0.1) is 5.92 Å². The Balaban J connectivity index is 0.000000250. The number of allylic oxidation sites excluding steroid dienone is 2. The van der Waals surface area contributed by atoms with Crippen molar-refractivity contribution in [1.29, 1.82) is 0 Å². The first kappa shape index (κ1) is 37.4. The summed E-state index contributed by atoms with van der Waals surface area (Å²) in [5.74, 6) is 0.759. The lowest BCUT2D eigenvalue weighted by molar-refractivity contribution is -0.138. The number of fused-ring (bicyclic) bond motifs is 2. The maximum atomic E-state index is 12.4. The molecule has 252 valence electrons. The van der Waals surface area contributed by atoms with Gasteiger partial charge in [0, 0.05) is 32.1 Å². The van der Waals surface area contributed by atoms with Gasteiger partial charge in [0.15, 0.2) is 0 Å². The van der Waals surface area contributed by atoms with Gasteiger partial charge in [-0.25, -0.2) is 9.59 Å². The fourth-order valence-electron chi connectivity index (χ4n) is 5.75. The second-order valence-corrected chi connectivity index (χ2v) is 12.8. The van der Waals surface area contributed by atoms with Crippen LogP contribution in [0.4, 0.5) is 9.59 Å². The number of carbonyl (C=O) groups is 5. The maximum absolute atomic E-state index is 12.4. The van der Waals surface area contributed by atoms with E-state index in [1.54, 1.807) is 20.8 Å². The number of rotatable bonds is 0. The second kappa shape index (κ2) is 18.9. The molecule has 12 nitrogen and oxygen atoms in total. The van der Waals surface area contributed by atoms with Gasteiger partial charge in [-0.1, -0.05) is 42.7 Å². The number of nitrogens with two attached hydrogens (primary N) is 1. The largest absolute Gasteiger partial charge is 0.483 e. The van der Waals surface area contributed by atoms with Crippen LogP contribution in [0.25, 0.3) is 0 Å². The SMILES string of the molecule is CC(C)(C)OC(N)=O.O=C(O)N1CCC2=C(C=CCC2)C1.O=C1NC2C[C@H]2/C=C\CCCCCCC(=O)N2CCCC12.O=CO. The van der Waals surface area contributed by atoms with E-state index in [1.165, 1.54) is 28.9 Å². The molecule has 2 fully saturated rings. The molecule has 0 spiro atoms. The van der Waals surface area contributed by atoms with Crippen LogP contribution < -0.4 is 11.1 Å². The maximum Gasteiger partial charge on any atom is 0.407 e. The van der Waals surface area contributed by atoms with Crippen LogP contribution in [-0.2, 0) is 19.1 Å². The number of carbonyl (C=O) groups excluding carboxylic acids is 3. The molecular weight excluding hydrogens is 580 g/mol. The molecule has 0 aromatic carbocycles. The van der Waals surface area contributed by atoms with Gasteiger partial charge in [-0.2, -0.15) is 0 Å². The summed E-state index contributed by atoms with van der Waals surface area (Å²) in [4.78, 5) is 57.1. The van der Waals surface area contributed by atoms with Crippen molar-refractivity contribution >= 4 is 30.5 Å². The van der Waals surface area contributed by atoms with Gasteiger partial charge in [0.1, 0.15) is 11.6 Å². The average molecular weight is 633 g/mol. The fraction of sp³-hybridized carbons (Fsp3) is 0.667. The topological polar surface area (TPSA) is 180 Å². The number of hydrogen-bond donors (Lipinski definition) is 4. The van der Waals surface area contributed by atoms with Crippen LogP contribution in [0.5, 0.6) is 0 Å². The van der Waals surface area contributed by atoms with Crippen molar-refractivity contribution < 1.29 is 38.9 Å². The molecule has 3 atom stereocenters. The van der Waals surface area contributed by atoms with Gasteiger partial charge >= 0.3 is 12.2 Å². The summed E-state index contributed by atoms with van der Waals surface area (Å²) >= 11 is 0. The molecule has 12 heteroatoms. The molecule has 1 saturated heterocycles. The van der Waals surface area contributed by atoms with Gasteiger partial charge in [-0.3, -0.25) is 14.4 Å². The average Bonchev–Trinajstić information content (AvgIpc) is 3.50. The number of carboxylic acid groups (broad SMARTS) is 2. The van der Waals surface area contributed by atoms with Crippen LogP contribution in [0.1, 0.15) is 97.8 Å². The monoisotopic (exact) mass is 632 g/mol. The van der Waals surface area contributed by atoms with Crippen molar-refractivity contribution in [3.63, 3.8) is 0 Å². The highest BCUT2D eigenvalue weighted by Crippen LogP contribution is 2.33. The van der Waals surface area contributed by atoms with E-state index in [4.69, 9.17) is 20.7 Å². The standard InChI is InChI=1S/C17H26N2O2.C10H13NO2.C5H11NO2.CH2O2/c20-16-10-6-4-2-1-3-5-8-13-12-14(13)18-17(21)15-9-7-11-19(15)16;12-10(13)11-6-5-8-3-1-2-4-9(8)7-11;1-5(2,3)8-4(6)7;2-1-3/h5,8,13-15H,1-4,6-7,9-12H2,(H,18,21);2,4H,1,3,5-7H2,(H,12,13);1-3H3,(H2,6,7);1H,(H,2,3)/b8-5-;;;/t13-,14?,15?;;;/m1.../s1. The zero-order valence-electron chi connectivity index (χ0n) is 27.0. The van der Waals surface area contributed by atoms with E-state index in [0.717, 1.165) is 64.3 Å². The highest BCUT2D eigenvalue weighted by molar-refractivity contribution is 5.88. The summed E-state index contributed by atoms with van der Waals surface area (Å²) in [7, 11) is 0. The Morgan fingerprint density at radius 1 is 1.02 bits per heavy atom. The fourth-order valence-corrected chi connectivity index (χ4v) is 5.75. The van der Waals surface area contributed by atoms with Crippen LogP contribution >= 0.6 is 0 Å². The van der Waals surface area contributed by atoms with E-state index in [2.05, 4.69) is 34.4 Å². The van der Waals surface area contributed by atoms with Gasteiger partial charge in [0.25, 0.3) is 6.47 Å². The van der Waals surface area contributed by atoms with E-state index >= 15 is 0 Å². The third-order valence-corrected chi connectivity index (χ3v) is 8.05. The number of nitrogens with one attached hydrogen (secondary N) is 1. The van der Waals surface area contributed by atoms with Gasteiger partial charge in [-0.05, 0) is 90.0 Å². The Kier molecular flexibility index (Phi) is 15.7. The summed E-state index contributed by atoms with van der Waals surface area (Å²) in [6, 6.07) is 0.0873. The molecule has 45 heavy (non-hydrogen) atoms. The molecule has 2 unspecified atom stereocenters. The normalized spacial score (nSPS) is 25.3. The van der Waals surface area contributed by atoms with Gasteiger partial charge in [-0.15, -0.1) is 0 Å². The van der Waals surface area contributed by atoms with Crippen LogP contribution in [0.3, 0.4) is 0 Å². The third kappa shape index (κ3) is 14.2. The first-order valence-electron chi connectivity index (χ1n) is 16.0. The molecule has 1 saturated carbocycles. The molecule has 2 aliphatic carbocycles. The molecular formula is C33H52N4O8. The zero-order chi connectivity index (χ0) is 33.4. The summed E-state index contributed by atoms with van der Waals surface area (Å²) in [6.07, 6.45) is 19.4. The van der Waals surface area contributed by atoms with E-state index in [1.807, 2.05) is 4.90 Å². The molecule has 5 N–H and O–H groups in total. The zero-order valence-corrected chi connectivity index (χ0v) is 27.0. The van der Waals surface area contributed by atoms with Crippen LogP contribution in [-0.4, -0.2) is 87.8 Å². The Hall–Kier alpha value is -3.83.